The molecule has 1 aliphatic rings. The average Bonchev–Trinajstić information content (AvgIpc) is 3.01. The van der Waals surface area contributed by atoms with Crippen LogP contribution in [0.2, 0.25) is 0 Å². The fourth-order valence-electron chi connectivity index (χ4n) is 3.02. The normalized spacial score (nSPS) is 18.2. The Morgan fingerprint density at radius 1 is 1.30 bits per heavy atom. The van der Waals surface area contributed by atoms with Gasteiger partial charge in [0.2, 0.25) is 5.69 Å². The van der Waals surface area contributed by atoms with Crippen LogP contribution >= 0.6 is 15.9 Å². The minimum absolute atomic E-state index is 0.0215. The lowest BCUT2D eigenvalue weighted by molar-refractivity contribution is 0.0690. The molecule has 0 saturated carbocycles. The van der Waals surface area contributed by atoms with Crippen LogP contribution in [-0.2, 0) is 0 Å². The Bertz CT molecular complexity index is 699. The molecular formula is C16H19BrN4O2. The molecule has 0 bridgehead atoms. The smallest absolute Gasteiger partial charge is 0.360 e. The third-order valence-corrected chi connectivity index (χ3v) is 4.76. The van der Waals surface area contributed by atoms with Crippen molar-refractivity contribution in [2.24, 2.45) is 0 Å². The Morgan fingerprint density at radius 3 is 2.70 bits per heavy atom. The highest BCUT2D eigenvalue weighted by atomic mass is 79.9. The number of nitrogens with zero attached hydrogens (tertiary/aromatic N) is 4. The number of benzene rings is 1. The van der Waals surface area contributed by atoms with Crippen molar-refractivity contribution in [2.45, 2.75) is 38.6 Å². The molecule has 1 aliphatic heterocycles. The average molecular weight is 379 g/mol. The Hall–Kier alpha value is -1.89. The molecule has 0 amide bonds. The molecule has 2 aromatic rings. The van der Waals surface area contributed by atoms with Crippen molar-refractivity contribution in [2.75, 3.05) is 11.4 Å². The molecule has 1 atom stereocenters. The molecule has 122 valence electrons. The van der Waals surface area contributed by atoms with E-state index in [4.69, 9.17) is 0 Å². The fourth-order valence-corrected chi connectivity index (χ4v) is 3.29. The molecule has 1 aromatic heterocycles. The minimum Gasteiger partial charge on any atom is -0.476 e. The topological polar surface area (TPSA) is 71.2 Å². The summed E-state index contributed by atoms with van der Waals surface area (Å²) in [5.74, 6) is -0.559. The number of anilines is 1. The van der Waals surface area contributed by atoms with Gasteiger partial charge >= 0.3 is 5.97 Å². The first-order valence-corrected chi connectivity index (χ1v) is 8.62. The molecule has 23 heavy (non-hydrogen) atoms. The molecule has 6 nitrogen and oxygen atoms in total. The summed E-state index contributed by atoms with van der Waals surface area (Å²) in [5.41, 5.74) is 0.764. The van der Waals surface area contributed by atoms with E-state index in [1.807, 2.05) is 24.3 Å². The van der Waals surface area contributed by atoms with Crippen molar-refractivity contribution in [1.82, 2.24) is 15.0 Å². The maximum absolute atomic E-state index is 11.6. The number of aromatic carboxylic acids is 1. The summed E-state index contributed by atoms with van der Waals surface area (Å²) in [7, 11) is 0. The van der Waals surface area contributed by atoms with E-state index in [1.165, 1.54) is 11.2 Å². The number of carboxylic acid groups (broad SMARTS) is 1. The third-order valence-electron chi connectivity index (χ3n) is 4.23. The Labute approximate surface area is 143 Å². The predicted octanol–water partition coefficient (Wildman–Crippen LogP) is 3.50. The minimum atomic E-state index is -1.04. The van der Waals surface area contributed by atoms with Gasteiger partial charge in [0.25, 0.3) is 0 Å². The second-order valence-electron chi connectivity index (χ2n) is 5.69. The van der Waals surface area contributed by atoms with E-state index in [0.29, 0.717) is 11.9 Å². The maximum Gasteiger partial charge on any atom is 0.360 e. The van der Waals surface area contributed by atoms with Gasteiger partial charge in [0.05, 0.1) is 5.69 Å². The number of carboxylic acids is 1. The van der Waals surface area contributed by atoms with Crippen LogP contribution in [0, 0.1) is 0 Å². The lowest BCUT2D eigenvalue weighted by atomic mass is 10.00. The number of hydrogen-bond acceptors (Lipinski definition) is 4. The molecule has 0 aliphatic carbocycles. The summed E-state index contributed by atoms with van der Waals surface area (Å²) < 4.78 is 0.953. The van der Waals surface area contributed by atoms with Gasteiger partial charge < -0.3 is 10.0 Å². The standard InChI is InChI=1S/C16H19BrN4O2/c1-2-12-5-3-4-10-20(12)15-14(16(22)23)18-21(19-15)13-8-6-11(17)7-9-13/h6-9,12H,2-5,10H2,1H3,(H,22,23). The van der Waals surface area contributed by atoms with Gasteiger partial charge in [-0.15, -0.1) is 15.0 Å². The van der Waals surface area contributed by atoms with Crippen molar-refractivity contribution in [3.63, 3.8) is 0 Å². The summed E-state index contributed by atoms with van der Waals surface area (Å²) in [6.45, 7) is 2.96. The van der Waals surface area contributed by atoms with Crippen LogP contribution in [0.15, 0.2) is 28.7 Å². The fraction of sp³-hybridized carbons (Fsp3) is 0.438. The number of halogens is 1. The van der Waals surface area contributed by atoms with Gasteiger partial charge in [-0.1, -0.05) is 22.9 Å². The van der Waals surface area contributed by atoms with Crippen LogP contribution in [0.4, 0.5) is 5.82 Å². The summed E-state index contributed by atoms with van der Waals surface area (Å²) in [6, 6.07) is 7.81. The van der Waals surface area contributed by atoms with E-state index in [2.05, 4.69) is 38.0 Å². The first kappa shape index (κ1) is 16.0. The molecule has 1 unspecified atom stereocenters. The molecule has 3 rings (SSSR count). The van der Waals surface area contributed by atoms with Gasteiger partial charge in [-0.2, -0.15) is 0 Å². The van der Waals surface area contributed by atoms with Gasteiger partial charge in [0.15, 0.2) is 5.82 Å². The highest BCUT2D eigenvalue weighted by molar-refractivity contribution is 9.10. The van der Waals surface area contributed by atoms with Gasteiger partial charge in [-0.05, 0) is 49.9 Å². The number of piperidine rings is 1. The molecule has 2 heterocycles. The summed E-state index contributed by atoms with van der Waals surface area (Å²) in [4.78, 5) is 15.1. The summed E-state index contributed by atoms with van der Waals surface area (Å²) in [5, 5.41) is 18.2. The molecule has 1 saturated heterocycles. The lowest BCUT2D eigenvalue weighted by Gasteiger charge is -2.35. The van der Waals surface area contributed by atoms with Crippen molar-refractivity contribution in [1.29, 1.82) is 0 Å². The zero-order valence-electron chi connectivity index (χ0n) is 12.9. The van der Waals surface area contributed by atoms with Crippen molar-refractivity contribution >= 4 is 27.7 Å². The van der Waals surface area contributed by atoms with Crippen LogP contribution in [0.3, 0.4) is 0 Å². The number of aromatic nitrogens is 3. The van der Waals surface area contributed by atoms with Crippen LogP contribution < -0.4 is 4.90 Å². The van der Waals surface area contributed by atoms with Gasteiger partial charge in [0, 0.05) is 17.1 Å². The highest BCUT2D eigenvalue weighted by Gasteiger charge is 2.29. The Morgan fingerprint density at radius 2 is 2.04 bits per heavy atom. The van der Waals surface area contributed by atoms with E-state index in [-0.39, 0.29) is 5.69 Å². The van der Waals surface area contributed by atoms with Crippen molar-refractivity contribution in [3.05, 3.63) is 34.4 Å². The highest BCUT2D eigenvalue weighted by Crippen LogP contribution is 2.28. The third kappa shape index (κ3) is 3.24. The zero-order valence-corrected chi connectivity index (χ0v) is 14.5. The first-order valence-electron chi connectivity index (χ1n) is 7.83. The van der Waals surface area contributed by atoms with Crippen LogP contribution in [-0.4, -0.2) is 38.7 Å². The quantitative estimate of drug-likeness (QED) is 0.881. The molecule has 1 aromatic carbocycles. The van der Waals surface area contributed by atoms with Gasteiger partial charge in [0.1, 0.15) is 0 Å². The van der Waals surface area contributed by atoms with E-state index in [9.17, 15) is 9.90 Å². The molecular weight excluding hydrogens is 360 g/mol. The Balaban J connectivity index is 2.02. The summed E-state index contributed by atoms with van der Waals surface area (Å²) >= 11 is 3.39. The van der Waals surface area contributed by atoms with Crippen LogP contribution in [0.25, 0.3) is 5.69 Å². The molecule has 7 heteroatoms. The van der Waals surface area contributed by atoms with E-state index < -0.39 is 5.97 Å². The van der Waals surface area contributed by atoms with Gasteiger partial charge in [-0.3, -0.25) is 0 Å². The molecule has 0 radical (unpaired) electrons. The molecule has 0 spiro atoms. The summed E-state index contributed by atoms with van der Waals surface area (Å²) in [6.07, 6.45) is 4.28. The Kier molecular flexibility index (Phi) is 4.66. The van der Waals surface area contributed by atoms with Gasteiger partial charge in [-0.25, -0.2) is 4.79 Å². The zero-order chi connectivity index (χ0) is 16.4. The molecule has 1 fully saturated rings. The maximum atomic E-state index is 11.6. The van der Waals surface area contributed by atoms with E-state index in [0.717, 1.165) is 36.0 Å². The van der Waals surface area contributed by atoms with E-state index in [1.54, 1.807) is 0 Å². The second kappa shape index (κ2) is 6.70. The number of hydrogen-bond donors (Lipinski definition) is 1. The lowest BCUT2D eigenvalue weighted by Crippen LogP contribution is -2.40. The van der Waals surface area contributed by atoms with Crippen molar-refractivity contribution < 1.29 is 9.90 Å². The first-order chi connectivity index (χ1) is 11.1. The SMILES string of the molecule is CCC1CCCCN1c1nn(-c2ccc(Br)cc2)nc1C(=O)O. The van der Waals surface area contributed by atoms with Crippen LogP contribution in [0.1, 0.15) is 43.1 Å². The number of rotatable bonds is 4. The monoisotopic (exact) mass is 378 g/mol. The second-order valence-corrected chi connectivity index (χ2v) is 6.61. The largest absolute Gasteiger partial charge is 0.476 e. The van der Waals surface area contributed by atoms with Crippen molar-refractivity contribution in [3.8, 4) is 5.69 Å². The molecule has 1 N–H and O–H groups in total. The predicted molar refractivity (Wildman–Crippen MR) is 91.3 cm³/mol. The van der Waals surface area contributed by atoms with Crippen LogP contribution in [0.5, 0.6) is 0 Å². The number of carbonyl (C=O) groups is 1. The van der Waals surface area contributed by atoms with E-state index >= 15 is 0 Å².